The number of halogens is 1. The quantitative estimate of drug-likeness (QED) is 0.807. The molecule has 1 atom stereocenters. The third-order valence-corrected chi connectivity index (χ3v) is 4.44. The molecule has 0 N–H and O–H groups in total. The molecule has 1 unspecified atom stereocenters. The van der Waals surface area contributed by atoms with Gasteiger partial charge < -0.3 is 9.64 Å². The molecule has 1 saturated heterocycles. The lowest BCUT2D eigenvalue weighted by Crippen LogP contribution is -2.50. The number of benzene rings is 2. The van der Waals surface area contributed by atoms with Crippen LogP contribution in [0.5, 0.6) is 0 Å². The van der Waals surface area contributed by atoms with E-state index in [0.29, 0.717) is 23.7 Å². The predicted octanol–water partition coefficient (Wildman–Crippen LogP) is 3.42. The van der Waals surface area contributed by atoms with Gasteiger partial charge in [-0.25, -0.2) is 0 Å². The summed E-state index contributed by atoms with van der Waals surface area (Å²) < 4.78 is 6.17. The number of amides is 1. The fourth-order valence-corrected chi connectivity index (χ4v) is 3.51. The molecule has 4 heteroatoms. The Morgan fingerprint density at radius 2 is 1.95 bits per heavy atom. The molecule has 0 saturated carbocycles. The Hall–Kier alpha value is -1.84. The molecule has 0 aliphatic carbocycles. The molecule has 1 fully saturated rings. The van der Waals surface area contributed by atoms with E-state index in [2.05, 4.69) is 0 Å². The Kier molecular flexibility index (Phi) is 2.81. The highest BCUT2D eigenvalue weighted by Gasteiger charge is 2.53. The van der Waals surface area contributed by atoms with Crippen molar-refractivity contribution in [2.24, 2.45) is 0 Å². The van der Waals surface area contributed by atoms with Gasteiger partial charge in [0.15, 0.2) is 5.72 Å². The van der Waals surface area contributed by atoms with Gasteiger partial charge >= 0.3 is 0 Å². The molecule has 106 valence electrons. The predicted molar refractivity (Wildman–Crippen MR) is 80.3 cm³/mol. The van der Waals surface area contributed by atoms with Gasteiger partial charge in [0.05, 0.1) is 6.61 Å². The highest BCUT2D eigenvalue weighted by atomic mass is 35.5. The summed E-state index contributed by atoms with van der Waals surface area (Å²) in [6, 6.07) is 15.3. The molecule has 1 amide bonds. The monoisotopic (exact) mass is 299 g/mol. The first-order chi connectivity index (χ1) is 10.2. The first-order valence-corrected chi connectivity index (χ1v) is 7.43. The van der Waals surface area contributed by atoms with Crippen molar-refractivity contribution in [1.82, 2.24) is 4.90 Å². The van der Waals surface area contributed by atoms with Crippen LogP contribution in [0, 0.1) is 0 Å². The van der Waals surface area contributed by atoms with Crippen LogP contribution in [0.1, 0.15) is 27.9 Å². The van der Waals surface area contributed by atoms with E-state index in [4.69, 9.17) is 16.3 Å². The number of fused-ring (bicyclic) bond motifs is 3. The second kappa shape index (κ2) is 4.58. The van der Waals surface area contributed by atoms with Crippen LogP contribution in [-0.4, -0.2) is 24.0 Å². The van der Waals surface area contributed by atoms with E-state index in [-0.39, 0.29) is 5.91 Å². The number of hydrogen-bond donors (Lipinski definition) is 0. The van der Waals surface area contributed by atoms with E-state index in [0.717, 1.165) is 17.5 Å². The van der Waals surface area contributed by atoms with Crippen LogP contribution >= 0.6 is 11.6 Å². The van der Waals surface area contributed by atoms with E-state index in [9.17, 15) is 4.79 Å². The van der Waals surface area contributed by atoms with Crippen LogP contribution in [0.25, 0.3) is 0 Å². The van der Waals surface area contributed by atoms with E-state index >= 15 is 0 Å². The fraction of sp³-hybridized carbons (Fsp3) is 0.235. The fourth-order valence-electron chi connectivity index (χ4n) is 3.33. The molecule has 0 radical (unpaired) electrons. The molecule has 2 aliphatic heterocycles. The zero-order chi connectivity index (χ0) is 14.4. The number of hydrogen-bond acceptors (Lipinski definition) is 2. The van der Waals surface area contributed by atoms with Gasteiger partial charge in [-0.15, -0.1) is 0 Å². The molecule has 2 heterocycles. The number of rotatable bonds is 1. The second-order valence-electron chi connectivity index (χ2n) is 5.36. The van der Waals surface area contributed by atoms with Gasteiger partial charge in [-0.05, 0) is 24.6 Å². The normalized spacial score (nSPS) is 23.9. The van der Waals surface area contributed by atoms with E-state index in [1.54, 1.807) is 12.1 Å². The van der Waals surface area contributed by atoms with Gasteiger partial charge in [0.1, 0.15) is 0 Å². The van der Waals surface area contributed by atoms with Crippen LogP contribution in [-0.2, 0) is 10.5 Å². The van der Waals surface area contributed by atoms with Crippen molar-refractivity contribution >= 4 is 17.5 Å². The summed E-state index contributed by atoms with van der Waals surface area (Å²) >= 11 is 6.17. The molecule has 21 heavy (non-hydrogen) atoms. The summed E-state index contributed by atoms with van der Waals surface area (Å²) in [7, 11) is 0. The van der Waals surface area contributed by atoms with Gasteiger partial charge in [-0.1, -0.05) is 41.9 Å². The van der Waals surface area contributed by atoms with Crippen molar-refractivity contribution < 1.29 is 9.53 Å². The summed E-state index contributed by atoms with van der Waals surface area (Å²) in [5.74, 6) is 0.0187. The SMILES string of the molecule is O=C1c2ccc(Cl)cc2C2(c3ccccc3)OCCCN12. The summed E-state index contributed by atoms with van der Waals surface area (Å²) in [4.78, 5) is 14.5. The Morgan fingerprint density at radius 3 is 2.76 bits per heavy atom. The molecule has 0 aromatic heterocycles. The highest BCUT2D eigenvalue weighted by Crippen LogP contribution is 2.47. The van der Waals surface area contributed by atoms with Crippen molar-refractivity contribution in [1.29, 1.82) is 0 Å². The molecule has 0 bridgehead atoms. The maximum atomic E-state index is 12.7. The summed E-state index contributed by atoms with van der Waals surface area (Å²) in [6.07, 6.45) is 0.849. The molecule has 2 aliphatic rings. The molecule has 2 aromatic carbocycles. The highest BCUT2D eigenvalue weighted by molar-refractivity contribution is 6.30. The van der Waals surface area contributed by atoms with Crippen molar-refractivity contribution in [3.63, 3.8) is 0 Å². The Labute approximate surface area is 128 Å². The first kappa shape index (κ1) is 12.9. The average molecular weight is 300 g/mol. The van der Waals surface area contributed by atoms with E-state index < -0.39 is 5.72 Å². The summed E-state index contributed by atoms with van der Waals surface area (Å²) in [5, 5.41) is 0.618. The Balaban J connectivity index is 2.02. The van der Waals surface area contributed by atoms with Crippen molar-refractivity contribution in [2.75, 3.05) is 13.2 Å². The number of ether oxygens (including phenoxy) is 1. The van der Waals surface area contributed by atoms with E-state index in [1.165, 1.54) is 0 Å². The van der Waals surface area contributed by atoms with Gasteiger partial charge in [-0.2, -0.15) is 0 Å². The zero-order valence-corrected chi connectivity index (χ0v) is 12.1. The van der Waals surface area contributed by atoms with Gasteiger partial charge in [0, 0.05) is 28.3 Å². The van der Waals surface area contributed by atoms with Crippen molar-refractivity contribution in [2.45, 2.75) is 12.1 Å². The molecular formula is C17H14ClNO2. The lowest BCUT2D eigenvalue weighted by molar-refractivity contribution is -0.137. The third-order valence-electron chi connectivity index (χ3n) is 4.20. The minimum Gasteiger partial charge on any atom is -0.347 e. The van der Waals surface area contributed by atoms with Gasteiger partial charge in [-0.3, -0.25) is 4.79 Å². The van der Waals surface area contributed by atoms with Crippen LogP contribution in [0.15, 0.2) is 48.5 Å². The Bertz CT molecular complexity index is 716. The average Bonchev–Trinajstić information content (AvgIpc) is 2.79. The van der Waals surface area contributed by atoms with Crippen molar-refractivity contribution in [3.8, 4) is 0 Å². The second-order valence-corrected chi connectivity index (χ2v) is 5.80. The lowest BCUT2D eigenvalue weighted by Gasteiger charge is -2.42. The van der Waals surface area contributed by atoms with Crippen LogP contribution < -0.4 is 0 Å². The minimum atomic E-state index is -0.823. The summed E-state index contributed by atoms with van der Waals surface area (Å²) in [5.41, 5.74) is 1.69. The lowest BCUT2D eigenvalue weighted by atomic mass is 9.92. The molecule has 3 nitrogen and oxygen atoms in total. The first-order valence-electron chi connectivity index (χ1n) is 7.05. The topological polar surface area (TPSA) is 29.5 Å². The number of nitrogens with zero attached hydrogens (tertiary/aromatic N) is 1. The third kappa shape index (κ3) is 1.68. The number of carbonyl (C=O) groups excluding carboxylic acids is 1. The summed E-state index contributed by atoms with van der Waals surface area (Å²) in [6.45, 7) is 1.32. The van der Waals surface area contributed by atoms with Crippen LogP contribution in [0.2, 0.25) is 5.02 Å². The maximum absolute atomic E-state index is 12.7. The smallest absolute Gasteiger partial charge is 0.257 e. The van der Waals surface area contributed by atoms with Gasteiger partial charge in [0.25, 0.3) is 5.91 Å². The minimum absolute atomic E-state index is 0.0187. The van der Waals surface area contributed by atoms with Gasteiger partial charge in [0.2, 0.25) is 0 Å². The molecular weight excluding hydrogens is 286 g/mol. The van der Waals surface area contributed by atoms with E-state index in [1.807, 2.05) is 41.3 Å². The largest absolute Gasteiger partial charge is 0.347 e. The molecule has 4 rings (SSSR count). The number of carbonyl (C=O) groups is 1. The zero-order valence-electron chi connectivity index (χ0n) is 11.4. The Morgan fingerprint density at radius 1 is 1.14 bits per heavy atom. The van der Waals surface area contributed by atoms with Crippen molar-refractivity contribution in [3.05, 3.63) is 70.2 Å². The van der Waals surface area contributed by atoms with Crippen LogP contribution in [0.4, 0.5) is 0 Å². The molecule has 0 spiro atoms. The maximum Gasteiger partial charge on any atom is 0.257 e. The van der Waals surface area contributed by atoms with Crippen LogP contribution in [0.3, 0.4) is 0 Å². The molecule has 2 aromatic rings. The standard InChI is InChI=1S/C17H14ClNO2/c18-13-7-8-14-15(11-13)17(12-5-2-1-3-6-12)19(16(14)20)9-4-10-21-17/h1-3,5-8,11H,4,9-10H2.